The first kappa shape index (κ1) is 16.7. The molecule has 0 radical (unpaired) electrons. The van der Waals surface area contributed by atoms with Crippen molar-refractivity contribution in [3.05, 3.63) is 66.1 Å². The molecule has 0 unspecified atom stereocenters. The van der Waals surface area contributed by atoms with Gasteiger partial charge < -0.3 is 15.0 Å². The maximum atomic E-state index is 12.8. The second-order valence-corrected chi connectivity index (χ2v) is 5.58. The van der Waals surface area contributed by atoms with Crippen LogP contribution in [-0.4, -0.2) is 23.5 Å². The second kappa shape index (κ2) is 7.61. The summed E-state index contributed by atoms with van der Waals surface area (Å²) in [6.45, 7) is -0.371. The number of nitrogens with one attached hydrogen (secondary N) is 2. The number of H-pyrrole nitrogens is 1. The van der Waals surface area contributed by atoms with Crippen molar-refractivity contribution in [2.45, 2.75) is 12.8 Å². The van der Waals surface area contributed by atoms with Crippen molar-refractivity contribution in [3.8, 4) is 0 Å². The number of esters is 1. The van der Waals surface area contributed by atoms with Gasteiger partial charge in [-0.1, -0.05) is 18.2 Å². The normalized spacial score (nSPS) is 10.6. The predicted molar refractivity (Wildman–Crippen MR) is 92.6 cm³/mol. The van der Waals surface area contributed by atoms with Gasteiger partial charge in [-0.25, -0.2) is 4.39 Å². The highest BCUT2D eigenvalue weighted by Gasteiger charge is 2.10. The third-order valence-corrected chi connectivity index (χ3v) is 3.77. The summed E-state index contributed by atoms with van der Waals surface area (Å²) in [4.78, 5) is 26.7. The van der Waals surface area contributed by atoms with Crippen molar-refractivity contribution in [1.29, 1.82) is 0 Å². The molecular formula is C19H17FN2O3. The Hall–Kier alpha value is -3.15. The monoisotopic (exact) mass is 340 g/mol. The number of amides is 1. The molecule has 0 saturated carbocycles. The van der Waals surface area contributed by atoms with Gasteiger partial charge in [0.2, 0.25) is 0 Å². The van der Waals surface area contributed by atoms with Crippen LogP contribution in [0.25, 0.3) is 10.9 Å². The van der Waals surface area contributed by atoms with Gasteiger partial charge in [-0.05, 0) is 42.3 Å². The standard InChI is InChI=1S/C19H17FN2O3/c20-14-6-8-15(9-7-14)22-18(23)12-25-19(24)10-5-13-11-21-17-4-2-1-3-16(13)17/h1-4,6-9,11,21H,5,10,12H2,(H,22,23). The van der Waals surface area contributed by atoms with E-state index in [4.69, 9.17) is 4.74 Å². The van der Waals surface area contributed by atoms with Gasteiger partial charge in [0.1, 0.15) is 5.82 Å². The zero-order valence-corrected chi connectivity index (χ0v) is 13.4. The van der Waals surface area contributed by atoms with Crippen LogP contribution in [0.4, 0.5) is 10.1 Å². The average Bonchev–Trinajstić information content (AvgIpc) is 3.03. The zero-order valence-electron chi connectivity index (χ0n) is 13.4. The number of carbonyl (C=O) groups is 2. The molecule has 0 saturated heterocycles. The quantitative estimate of drug-likeness (QED) is 0.676. The second-order valence-electron chi connectivity index (χ2n) is 5.58. The summed E-state index contributed by atoms with van der Waals surface area (Å²) in [6.07, 6.45) is 2.59. The van der Waals surface area contributed by atoms with Crippen molar-refractivity contribution < 1.29 is 18.7 Å². The maximum absolute atomic E-state index is 12.8. The molecule has 1 aromatic heterocycles. The number of benzene rings is 2. The third kappa shape index (κ3) is 4.44. The van der Waals surface area contributed by atoms with Gasteiger partial charge >= 0.3 is 5.97 Å². The van der Waals surface area contributed by atoms with Crippen molar-refractivity contribution in [2.75, 3.05) is 11.9 Å². The minimum absolute atomic E-state index is 0.186. The van der Waals surface area contributed by atoms with Gasteiger partial charge in [0.05, 0.1) is 0 Å². The van der Waals surface area contributed by atoms with Crippen LogP contribution in [-0.2, 0) is 20.7 Å². The minimum atomic E-state index is -0.466. The Morgan fingerprint density at radius 3 is 2.64 bits per heavy atom. The lowest BCUT2D eigenvalue weighted by molar-refractivity contribution is -0.147. The van der Waals surface area contributed by atoms with Crippen LogP contribution in [0.5, 0.6) is 0 Å². The number of hydrogen-bond donors (Lipinski definition) is 2. The fraction of sp³-hybridized carbons (Fsp3) is 0.158. The molecule has 0 aliphatic heterocycles. The number of aryl methyl sites for hydroxylation is 1. The Morgan fingerprint density at radius 1 is 1.08 bits per heavy atom. The molecule has 3 aromatic rings. The number of halogens is 1. The van der Waals surface area contributed by atoms with E-state index in [1.165, 1.54) is 24.3 Å². The lowest BCUT2D eigenvalue weighted by atomic mass is 10.1. The molecule has 25 heavy (non-hydrogen) atoms. The summed E-state index contributed by atoms with van der Waals surface area (Å²) in [5.74, 6) is -1.30. The van der Waals surface area contributed by atoms with E-state index >= 15 is 0 Å². The van der Waals surface area contributed by atoms with Crippen molar-refractivity contribution >= 4 is 28.5 Å². The Balaban J connectivity index is 1.44. The SMILES string of the molecule is O=C(COC(=O)CCc1c[nH]c2ccccc12)Nc1ccc(F)cc1. The fourth-order valence-corrected chi connectivity index (χ4v) is 2.52. The number of aromatic nitrogens is 1. The van der Waals surface area contributed by atoms with Crippen molar-refractivity contribution in [1.82, 2.24) is 4.98 Å². The van der Waals surface area contributed by atoms with E-state index in [1.54, 1.807) is 0 Å². The highest BCUT2D eigenvalue weighted by atomic mass is 19.1. The number of anilines is 1. The van der Waals surface area contributed by atoms with Gasteiger partial charge in [-0.15, -0.1) is 0 Å². The zero-order chi connectivity index (χ0) is 17.6. The number of ether oxygens (including phenoxy) is 1. The van der Waals surface area contributed by atoms with E-state index < -0.39 is 11.9 Å². The van der Waals surface area contributed by atoms with Crippen LogP contribution >= 0.6 is 0 Å². The molecule has 5 nitrogen and oxygen atoms in total. The van der Waals surface area contributed by atoms with E-state index in [-0.39, 0.29) is 18.8 Å². The Kier molecular flexibility index (Phi) is 5.09. The largest absolute Gasteiger partial charge is 0.456 e. The Morgan fingerprint density at radius 2 is 1.84 bits per heavy atom. The summed E-state index contributed by atoms with van der Waals surface area (Å²) < 4.78 is 17.8. The van der Waals surface area contributed by atoms with Gasteiger partial charge in [0.15, 0.2) is 6.61 Å². The molecule has 0 atom stereocenters. The molecule has 1 heterocycles. The molecule has 1 amide bonds. The maximum Gasteiger partial charge on any atom is 0.306 e. The summed E-state index contributed by atoms with van der Waals surface area (Å²) in [7, 11) is 0. The molecule has 0 spiro atoms. The molecule has 0 aliphatic rings. The van der Waals surface area contributed by atoms with Crippen LogP contribution < -0.4 is 5.32 Å². The van der Waals surface area contributed by atoms with Gasteiger partial charge in [0.25, 0.3) is 5.91 Å². The van der Waals surface area contributed by atoms with Gasteiger partial charge in [-0.2, -0.15) is 0 Å². The number of para-hydroxylation sites is 1. The van der Waals surface area contributed by atoms with Crippen LogP contribution in [0.3, 0.4) is 0 Å². The van der Waals surface area contributed by atoms with E-state index in [1.807, 2.05) is 30.5 Å². The van der Waals surface area contributed by atoms with Crippen LogP contribution in [0, 0.1) is 5.82 Å². The highest BCUT2D eigenvalue weighted by Crippen LogP contribution is 2.19. The van der Waals surface area contributed by atoms with Gasteiger partial charge in [0, 0.05) is 29.2 Å². The third-order valence-electron chi connectivity index (χ3n) is 3.77. The lowest BCUT2D eigenvalue weighted by Gasteiger charge is -2.06. The van der Waals surface area contributed by atoms with Crippen molar-refractivity contribution in [3.63, 3.8) is 0 Å². The molecule has 0 fully saturated rings. The summed E-state index contributed by atoms with van der Waals surface area (Å²) in [6, 6.07) is 13.2. The van der Waals surface area contributed by atoms with Gasteiger partial charge in [-0.3, -0.25) is 9.59 Å². The van der Waals surface area contributed by atoms with Crippen LogP contribution in [0.1, 0.15) is 12.0 Å². The number of fused-ring (bicyclic) bond motifs is 1. The molecule has 0 bridgehead atoms. The molecule has 2 aromatic carbocycles. The predicted octanol–water partition coefficient (Wildman–Crippen LogP) is 3.42. The number of rotatable bonds is 6. The van der Waals surface area contributed by atoms with Crippen molar-refractivity contribution in [2.24, 2.45) is 0 Å². The smallest absolute Gasteiger partial charge is 0.306 e. The van der Waals surface area contributed by atoms with E-state index in [2.05, 4.69) is 10.3 Å². The lowest BCUT2D eigenvalue weighted by Crippen LogP contribution is -2.21. The number of hydrogen-bond acceptors (Lipinski definition) is 3. The first-order valence-corrected chi connectivity index (χ1v) is 7.88. The van der Waals surface area contributed by atoms with Crippen LogP contribution in [0.2, 0.25) is 0 Å². The Bertz CT molecular complexity index is 887. The Labute approximate surface area is 143 Å². The fourth-order valence-electron chi connectivity index (χ4n) is 2.52. The average molecular weight is 340 g/mol. The molecular weight excluding hydrogens is 323 g/mol. The number of carbonyl (C=O) groups excluding carboxylic acids is 2. The minimum Gasteiger partial charge on any atom is -0.456 e. The summed E-state index contributed by atoms with van der Waals surface area (Å²) >= 11 is 0. The summed E-state index contributed by atoms with van der Waals surface area (Å²) in [5, 5.41) is 3.60. The van der Waals surface area contributed by atoms with E-state index in [0.717, 1.165) is 16.5 Å². The van der Waals surface area contributed by atoms with Crippen LogP contribution in [0.15, 0.2) is 54.7 Å². The first-order valence-electron chi connectivity index (χ1n) is 7.88. The molecule has 6 heteroatoms. The molecule has 128 valence electrons. The van der Waals surface area contributed by atoms with E-state index in [9.17, 15) is 14.0 Å². The topological polar surface area (TPSA) is 71.2 Å². The first-order chi connectivity index (χ1) is 12.1. The highest BCUT2D eigenvalue weighted by molar-refractivity contribution is 5.92. The molecule has 3 rings (SSSR count). The molecule has 2 N–H and O–H groups in total. The molecule has 0 aliphatic carbocycles. The summed E-state index contributed by atoms with van der Waals surface area (Å²) in [5.41, 5.74) is 2.49. The van der Waals surface area contributed by atoms with E-state index in [0.29, 0.717) is 12.1 Å². The number of aromatic amines is 1.